The fourth-order valence-corrected chi connectivity index (χ4v) is 3.59. The van der Waals surface area contributed by atoms with Crippen molar-refractivity contribution in [1.82, 2.24) is 0 Å². The molecule has 1 aliphatic rings. The maximum atomic E-state index is 13.6. The summed E-state index contributed by atoms with van der Waals surface area (Å²) < 4.78 is 41.7. The van der Waals surface area contributed by atoms with Gasteiger partial charge in [-0.1, -0.05) is 6.07 Å². The topological polar surface area (TPSA) is 69.4 Å². The van der Waals surface area contributed by atoms with Crippen LogP contribution in [0.1, 0.15) is 24.9 Å². The molecule has 2 atom stereocenters. The number of nitrogens with two attached hydrogens (primary N) is 1. The first kappa shape index (κ1) is 13.3. The summed E-state index contributed by atoms with van der Waals surface area (Å²) in [5, 5.41) is 0. The van der Waals surface area contributed by atoms with Crippen LogP contribution in [0.2, 0.25) is 0 Å². The average Bonchev–Trinajstić information content (AvgIpc) is 2.57. The quantitative estimate of drug-likeness (QED) is 0.904. The standard InChI is InChI=1S/C12H16FNO3S/c1-8(14)11-3-2-9(6-12(11)13)17-10-4-5-18(15,16)7-10/h2-3,6,8,10H,4-5,7,14H2,1H3/t8-,10?/m0/s1. The Labute approximate surface area is 106 Å². The lowest BCUT2D eigenvalue weighted by Gasteiger charge is -2.14. The number of sulfone groups is 1. The lowest BCUT2D eigenvalue weighted by atomic mass is 10.1. The van der Waals surface area contributed by atoms with E-state index in [9.17, 15) is 12.8 Å². The van der Waals surface area contributed by atoms with Crippen LogP contribution >= 0.6 is 0 Å². The molecule has 2 rings (SSSR count). The second kappa shape index (κ2) is 4.85. The zero-order valence-corrected chi connectivity index (χ0v) is 10.9. The van der Waals surface area contributed by atoms with Gasteiger partial charge in [0.15, 0.2) is 9.84 Å². The van der Waals surface area contributed by atoms with Gasteiger partial charge in [-0.25, -0.2) is 12.8 Å². The fourth-order valence-electron chi connectivity index (χ4n) is 2.00. The van der Waals surface area contributed by atoms with Crippen LogP contribution in [0.25, 0.3) is 0 Å². The van der Waals surface area contributed by atoms with Gasteiger partial charge in [-0.3, -0.25) is 0 Å². The van der Waals surface area contributed by atoms with E-state index in [1.54, 1.807) is 19.1 Å². The monoisotopic (exact) mass is 273 g/mol. The van der Waals surface area contributed by atoms with Crippen LogP contribution in [0.3, 0.4) is 0 Å². The van der Waals surface area contributed by atoms with E-state index in [0.29, 0.717) is 17.7 Å². The molecule has 0 spiro atoms. The summed E-state index contributed by atoms with van der Waals surface area (Å²) >= 11 is 0. The Hall–Kier alpha value is -1.14. The van der Waals surface area contributed by atoms with Crippen molar-refractivity contribution in [2.75, 3.05) is 11.5 Å². The average molecular weight is 273 g/mol. The third kappa shape index (κ3) is 3.00. The Morgan fingerprint density at radius 1 is 1.50 bits per heavy atom. The Balaban J connectivity index is 2.09. The molecule has 0 saturated carbocycles. The fraction of sp³-hybridized carbons (Fsp3) is 0.500. The zero-order chi connectivity index (χ0) is 13.3. The van der Waals surface area contributed by atoms with Crippen molar-refractivity contribution in [3.8, 4) is 5.75 Å². The number of rotatable bonds is 3. The molecular weight excluding hydrogens is 257 g/mol. The van der Waals surface area contributed by atoms with Gasteiger partial charge in [0.25, 0.3) is 0 Å². The van der Waals surface area contributed by atoms with Crippen molar-refractivity contribution in [2.24, 2.45) is 5.73 Å². The molecular formula is C12H16FNO3S. The maximum absolute atomic E-state index is 13.6. The molecule has 1 aromatic carbocycles. The molecule has 2 N–H and O–H groups in total. The lowest BCUT2D eigenvalue weighted by Crippen LogP contribution is -2.18. The summed E-state index contributed by atoms with van der Waals surface area (Å²) in [4.78, 5) is 0. The number of benzene rings is 1. The van der Waals surface area contributed by atoms with Crippen molar-refractivity contribution >= 4 is 9.84 Å². The first-order valence-corrected chi connectivity index (χ1v) is 7.61. The molecule has 4 nitrogen and oxygen atoms in total. The predicted molar refractivity (Wildman–Crippen MR) is 66.7 cm³/mol. The van der Waals surface area contributed by atoms with Gasteiger partial charge in [0.1, 0.15) is 17.7 Å². The lowest BCUT2D eigenvalue weighted by molar-refractivity contribution is 0.228. The van der Waals surface area contributed by atoms with Crippen LogP contribution in [-0.2, 0) is 9.84 Å². The zero-order valence-electron chi connectivity index (χ0n) is 10.1. The molecule has 1 saturated heterocycles. The van der Waals surface area contributed by atoms with E-state index in [4.69, 9.17) is 10.5 Å². The van der Waals surface area contributed by atoms with E-state index < -0.39 is 15.7 Å². The molecule has 0 radical (unpaired) electrons. The van der Waals surface area contributed by atoms with E-state index in [-0.39, 0.29) is 23.7 Å². The molecule has 1 fully saturated rings. The summed E-state index contributed by atoms with van der Waals surface area (Å²) in [5.74, 6) is 0.0595. The van der Waals surface area contributed by atoms with Gasteiger partial charge < -0.3 is 10.5 Å². The second-order valence-electron chi connectivity index (χ2n) is 4.61. The molecule has 100 valence electrons. The minimum Gasteiger partial charge on any atom is -0.489 e. The number of hydrogen-bond donors (Lipinski definition) is 1. The largest absolute Gasteiger partial charge is 0.489 e. The highest BCUT2D eigenvalue weighted by Crippen LogP contribution is 2.24. The highest BCUT2D eigenvalue weighted by atomic mass is 32.2. The van der Waals surface area contributed by atoms with E-state index in [1.165, 1.54) is 6.07 Å². The van der Waals surface area contributed by atoms with Gasteiger partial charge >= 0.3 is 0 Å². The van der Waals surface area contributed by atoms with Crippen molar-refractivity contribution in [2.45, 2.75) is 25.5 Å². The predicted octanol–water partition coefficient (Wildman–Crippen LogP) is 1.41. The van der Waals surface area contributed by atoms with Crippen LogP contribution in [0.5, 0.6) is 5.75 Å². The summed E-state index contributed by atoms with van der Waals surface area (Å²) in [7, 11) is -2.99. The third-order valence-corrected chi connectivity index (χ3v) is 4.69. The molecule has 18 heavy (non-hydrogen) atoms. The van der Waals surface area contributed by atoms with Crippen LogP contribution in [-0.4, -0.2) is 26.0 Å². The van der Waals surface area contributed by atoms with Crippen molar-refractivity contribution in [3.63, 3.8) is 0 Å². The van der Waals surface area contributed by atoms with Crippen molar-refractivity contribution in [3.05, 3.63) is 29.6 Å². The Bertz CT molecular complexity index is 542. The molecule has 1 aromatic rings. The van der Waals surface area contributed by atoms with Crippen molar-refractivity contribution in [1.29, 1.82) is 0 Å². The van der Waals surface area contributed by atoms with Crippen LogP contribution in [0, 0.1) is 5.82 Å². The van der Waals surface area contributed by atoms with Gasteiger partial charge in [-0.15, -0.1) is 0 Å². The molecule has 0 aliphatic carbocycles. The Morgan fingerprint density at radius 3 is 2.72 bits per heavy atom. The molecule has 0 aromatic heterocycles. The number of halogens is 1. The van der Waals surface area contributed by atoms with E-state index >= 15 is 0 Å². The first-order valence-electron chi connectivity index (χ1n) is 5.79. The van der Waals surface area contributed by atoms with Crippen molar-refractivity contribution < 1.29 is 17.5 Å². The van der Waals surface area contributed by atoms with Gasteiger partial charge in [0.2, 0.25) is 0 Å². The summed E-state index contributed by atoms with van der Waals surface area (Å²) in [6.07, 6.45) is 0.0782. The van der Waals surface area contributed by atoms with Gasteiger partial charge in [-0.2, -0.15) is 0 Å². The highest BCUT2D eigenvalue weighted by Gasteiger charge is 2.29. The van der Waals surface area contributed by atoms with Crippen LogP contribution < -0.4 is 10.5 Å². The van der Waals surface area contributed by atoms with E-state index in [1.807, 2.05) is 0 Å². The normalized spacial score (nSPS) is 23.8. The van der Waals surface area contributed by atoms with E-state index in [0.717, 1.165) is 0 Å². The van der Waals surface area contributed by atoms with E-state index in [2.05, 4.69) is 0 Å². The first-order chi connectivity index (χ1) is 8.37. The number of ether oxygens (including phenoxy) is 1. The summed E-state index contributed by atoms with van der Waals surface area (Å²) in [6, 6.07) is 4.06. The molecule has 1 aliphatic heterocycles. The third-order valence-electron chi connectivity index (χ3n) is 2.96. The Morgan fingerprint density at radius 2 is 2.22 bits per heavy atom. The molecule has 6 heteroatoms. The van der Waals surface area contributed by atoms with Gasteiger partial charge in [0, 0.05) is 17.7 Å². The number of hydrogen-bond acceptors (Lipinski definition) is 4. The van der Waals surface area contributed by atoms with Gasteiger partial charge in [-0.05, 0) is 19.4 Å². The SMILES string of the molecule is C[C@H](N)c1ccc(OC2CCS(=O)(=O)C2)cc1F. The minimum atomic E-state index is -2.99. The van der Waals surface area contributed by atoms with Crippen LogP contribution in [0.4, 0.5) is 4.39 Å². The molecule has 0 amide bonds. The van der Waals surface area contributed by atoms with Crippen LogP contribution in [0.15, 0.2) is 18.2 Å². The molecule has 0 bridgehead atoms. The smallest absolute Gasteiger partial charge is 0.154 e. The van der Waals surface area contributed by atoms with Gasteiger partial charge in [0.05, 0.1) is 11.5 Å². The molecule has 1 unspecified atom stereocenters. The summed E-state index contributed by atoms with van der Waals surface area (Å²) in [5.41, 5.74) is 6.02. The summed E-state index contributed by atoms with van der Waals surface area (Å²) in [6.45, 7) is 1.70. The minimum absolute atomic E-state index is 0.00363. The molecule has 1 heterocycles. The highest BCUT2D eigenvalue weighted by molar-refractivity contribution is 7.91. The second-order valence-corrected chi connectivity index (χ2v) is 6.84. The maximum Gasteiger partial charge on any atom is 0.154 e. The Kier molecular flexibility index (Phi) is 3.59.